The highest BCUT2D eigenvalue weighted by molar-refractivity contribution is 7.98. The molecule has 1 aliphatic carbocycles. The molecule has 2 aliphatic rings. The lowest BCUT2D eigenvalue weighted by atomic mass is 9.65. The zero-order valence-electron chi connectivity index (χ0n) is 22.6. The molecule has 10 heteroatoms. The minimum atomic E-state index is 0.0602. The second-order valence-corrected chi connectivity index (χ2v) is 13.5. The lowest BCUT2D eigenvalue weighted by molar-refractivity contribution is 0.0703. The molecule has 2 atom stereocenters. The van der Waals surface area contributed by atoms with Crippen LogP contribution in [0.2, 0.25) is 0 Å². The van der Waals surface area contributed by atoms with E-state index in [1.54, 1.807) is 19.5 Å². The van der Waals surface area contributed by atoms with Crippen LogP contribution in [-0.4, -0.2) is 55.2 Å². The molecule has 2 unspecified atom stereocenters. The van der Waals surface area contributed by atoms with Crippen molar-refractivity contribution in [2.75, 3.05) is 13.7 Å². The molecule has 4 aromatic rings. The zero-order chi connectivity index (χ0) is 27.2. The number of thiazole rings is 1. The molecule has 0 radical (unpaired) electrons. The molecule has 1 aliphatic heterocycles. The number of aromatic nitrogens is 5. The molecule has 0 spiro atoms. The highest BCUT2D eigenvalue weighted by atomic mass is 32.2. The van der Waals surface area contributed by atoms with Gasteiger partial charge in [-0.25, -0.2) is 4.98 Å². The van der Waals surface area contributed by atoms with Crippen molar-refractivity contribution >= 4 is 29.0 Å². The van der Waals surface area contributed by atoms with Crippen molar-refractivity contribution in [1.82, 2.24) is 29.6 Å². The molecule has 3 aromatic heterocycles. The number of carbonyl (C=O) groups is 1. The number of para-hydroxylation sites is 2. The van der Waals surface area contributed by atoms with Gasteiger partial charge in [0.05, 0.1) is 18.6 Å². The Bertz CT molecular complexity index is 1500. The third-order valence-corrected chi connectivity index (χ3v) is 9.62. The van der Waals surface area contributed by atoms with E-state index in [9.17, 15) is 4.79 Å². The third-order valence-electron chi connectivity index (χ3n) is 7.65. The summed E-state index contributed by atoms with van der Waals surface area (Å²) in [5.74, 6) is 2.04. The van der Waals surface area contributed by atoms with Gasteiger partial charge >= 0.3 is 0 Å². The van der Waals surface area contributed by atoms with Crippen molar-refractivity contribution in [3.8, 4) is 22.8 Å². The first-order valence-corrected chi connectivity index (χ1v) is 15.0. The first kappa shape index (κ1) is 26.0. The Morgan fingerprint density at radius 3 is 2.79 bits per heavy atom. The van der Waals surface area contributed by atoms with E-state index in [4.69, 9.17) is 9.72 Å². The Balaban J connectivity index is 1.23. The maximum Gasteiger partial charge on any atom is 0.273 e. The van der Waals surface area contributed by atoms with Crippen LogP contribution >= 0.6 is 23.1 Å². The van der Waals surface area contributed by atoms with Crippen LogP contribution in [0.25, 0.3) is 17.1 Å². The minimum Gasteiger partial charge on any atom is -0.495 e. The largest absolute Gasteiger partial charge is 0.495 e. The fourth-order valence-electron chi connectivity index (χ4n) is 6.52. The van der Waals surface area contributed by atoms with Gasteiger partial charge in [0.1, 0.15) is 16.5 Å². The second-order valence-electron chi connectivity index (χ2n) is 11.6. The standard InChI is InChI=1S/C29H32N6O2S2/c1-28(2)12-20-13-29(3,17-28)18-34(20)26(36)21-15-38-24(31-21)16-39-27-33-32-25(19-8-7-11-30-14-19)35(27)22-9-5-6-10-23(22)37-4/h5-11,14-15,20H,12-13,16-18H2,1-4H3. The number of ether oxygens (including phenoxy) is 1. The van der Waals surface area contributed by atoms with Crippen LogP contribution in [-0.2, 0) is 5.75 Å². The van der Waals surface area contributed by atoms with Gasteiger partial charge in [0.2, 0.25) is 0 Å². The van der Waals surface area contributed by atoms with Crippen LogP contribution < -0.4 is 4.74 Å². The van der Waals surface area contributed by atoms with Crippen LogP contribution in [0.1, 0.15) is 55.5 Å². The Labute approximate surface area is 236 Å². The average Bonchev–Trinajstić information content (AvgIpc) is 3.62. The van der Waals surface area contributed by atoms with Gasteiger partial charge < -0.3 is 9.64 Å². The lowest BCUT2D eigenvalue weighted by Gasteiger charge is -2.39. The number of thioether (sulfide) groups is 1. The quantitative estimate of drug-likeness (QED) is 0.251. The number of pyridine rings is 1. The molecule has 2 fully saturated rings. The van der Waals surface area contributed by atoms with Crippen LogP contribution in [0.4, 0.5) is 0 Å². The van der Waals surface area contributed by atoms with Gasteiger partial charge in [-0.3, -0.25) is 14.3 Å². The maximum atomic E-state index is 13.5. The summed E-state index contributed by atoms with van der Waals surface area (Å²) in [6.45, 7) is 7.80. The fraction of sp³-hybridized carbons (Fsp3) is 0.414. The molecule has 4 heterocycles. The summed E-state index contributed by atoms with van der Waals surface area (Å²) < 4.78 is 7.65. The minimum absolute atomic E-state index is 0.0602. The number of likely N-dealkylation sites (tertiary alicyclic amines) is 1. The highest BCUT2D eigenvalue weighted by Gasteiger charge is 2.51. The summed E-state index contributed by atoms with van der Waals surface area (Å²) in [5.41, 5.74) is 2.72. The number of rotatable bonds is 7. The van der Waals surface area contributed by atoms with Crippen LogP contribution in [0.5, 0.6) is 5.75 Å². The molecular formula is C29H32N6O2S2. The van der Waals surface area contributed by atoms with E-state index >= 15 is 0 Å². The van der Waals surface area contributed by atoms with E-state index in [0.717, 1.165) is 47.8 Å². The van der Waals surface area contributed by atoms with Gasteiger partial charge in [0.25, 0.3) is 5.91 Å². The molecule has 39 heavy (non-hydrogen) atoms. The molecule has 8 nitrogen and oxygen atoms in total. The normalized spacial score (nSPS) is 21.7. The number of amides is 1. The first-order chi connectivity index (χ1) is 18.8. The topological polar surface area (TPSA) is 86.0 Å². The number of nitrogens with zero attached hydrogens (tertiary/aromatic N) is 6. The van der Waals surface area contributed by atoms with Crippen molar-refractivity contribution in [2.45, 2.75) is 57.0 Å². The van der Waals surface area contributed by atoms with Gasteiger partial charge in [-0.1, -0.05) is 44.7 Å². The van der Waals surface area contributed by atoms with Gasteiger partial charge in [0.15, 0.2) is 11.0 Å². The molecule has 6 rings (SSSR count). The van der Waals surface area contributed by atoms with E-state index < -0.39 is 0 Å². The number of hydrogen-bond acceptors (Lipinski definition) is 8. The van der Waals surface area contributed by atoms with Gasteiger partial charge in [-0.05, 0) is 54.4 Å². The third kappa shape index (κ3) is 5.07. The monoisotopic (exact) mass is 560 g/mol. The molecule has 1 amide bonds. The number of benzene rings is 1. The summed E-state index contributed by atoms with van der Waals surface area (Å²) in [7, 11) is 1.66. The summed E-state index contributed by atoms with van der Waals surface area (Å²) in [6.07, 6.45) is 6.82. The number of fused-ring (bicyclic) bond motifs is 2. The predicted octanol–water partition coefficient (Wildman–Crippen LogP) is 6.13. The highest BCUT2D eigenvalue weighted by Crippen LogP contribution is 2.52. The van der Waals surface area contributed by atoms with Crippen molar-refractivity contribution in [2.24, 2.45) is 10.8 Å². The van der Waals surface area contributed by atoms with Crippen molar-refractivity contribution in [3.05, 3.63) is 64.9 Å². The molecular weight excluding hydrogens is 528 g/mol. The second kappa shape index (κ2) is 10.1. The maximum absolute atomic E-state index is 13.5. The van der Waals surface area contributed by atoms with Crippen molar-refractivity contribution in [3.63, 3.8) is 0 Å². The summed E-state index contributed by atoms with van der Waals surface area (Å²) in [5, 5.41) is 12.5. The summed E-state index contributed by atoms with van der Waals surface area (Å²) >= 11 is 3.06. The first-order valence-electron chi connectivity index (χ1n) is 13.1. The molecule has 2 bridgehead atoms. The lowest BCUT2D eigenvalue weighted by Crippen LogP contribution is -2.37. The molecule has 1 saturated heterocycles. The Hall–Kier alpha value is -3.24. The van der Waals surface area contributed by atoms with Crippen molar-refractivity contribution < 1.29 is 9.53 Å². The van der Waals surface area contributed by atoms with Crippen LogP contribution in [0.3, 0.4) is 0 Å². The van der Waals surface area contributed by atoms with Crippen LogP contribution in [0, 0.1) is 10.8 Å². The summed E-state index contributed by atoms with van der Waals surface area (Å²) in [6, 6.07) is 12.0. The molecule has 1 aromatic carbocycles. The average molecular weight is 561 g/mol. The molecule has 202 valence electrons. The SMILES string of the molecule is COc1ccccc1-n1c(SCc2nc(C(=O)N3CC4(C)CC3CC(C)(C)C4)cs2)nnc1-c1cccnc1. The van der Waals surface area contributed by atoms with Gasteiger partial charge in [-0.2, -0.15) is 0 Å². The van der Waals surface area contributed by atoms with Crippen molar-refractivity contribution in [1.29, 1.82) is 0 Å². The fourth-order valence-corrected chi connectivity index (χ4v) is 8.25. The van der Waals surface area contributed by atoms with E-state index in [0.29, 0.717) is 28.5 Å². The smallest absolute Gasteiger partial charge is 0.273 e. The van der Waals surface area contributed by atoms with E-state index in [2.05, 4.69) is 40.9 Å². The van der Waals surface area contributed by atoms with E-state index in [-0.39, 0.29) is 16.7 Å². The Morgan fingerprint density at radius 2 is 2.00 bits per heavy atom. The van der Waals surface area contributed by atoms with Gasteiger partial charge in [-0.15, -0.1) is 21.5 Å². The van der Waals surface area contributed by atoms with E-state index in [1.807, 2.05) is 46.3 Å². The zero-order valence-corrected chi connectivity index (χ0v) is 24.3. The molecule has 1 saturated carbocycles. The Morgan fingerprint density at radius 1 is 1.15 bits per heavy atom. The predicted molar refractivity (Wildman–Crippen MR) is 153 cm³/mol. The number of hydrogen-bond donors (Lipinski definition) is 0. The van der Waals surface area contributed by atoms with Crippen LogP contribution in [0.15, 0.2) is 59.3 Å². The van der Waals surface area contributed by atoms with Gasteiger partial charge in [0, 0.05) is 35.9 Å². The van der Waals surface area contributed by atoms with E-state index in [1.165, 1.54) is 23.1 Å². The number of carbonyl (C=O) groups excluding carboxylic acids is 1. The Kier molecular flexibility index (Phi) is 6.71. The molecule has 0 N–H and O–H groups in total. The number of methoxy groups -OCH3 is 1. The summed E-state index contributed by atoms with van der Waals surface area (Å²) in [4.78, 5) is 24.6.